The van der Waals surface area contributed by atoms with E-state index in [1.54, 1.807) is 21.3 Å². The van der Waals surface area contributed by atoms with Gasteiger partial charge in [-0.2, -0.15) is 0 Å². The molecule has 0 aliphatic carbocycles. The van der Waals surface area contributed by atoms with Crippen LogP contribution in [0.2, 0.25) is 0 Å². The van der Waals surface area contributed by atoms with E-state index in [0.29, 0.717) is 0 Å². The number of aliphatic hydroxyl groups is 1. The van der Waals surface area contributed by atoms with Gasteiger partial charge in [0, 0.05) is 20.0 Å². The summed E-state index contributed by atoms with van der Waals surface area (Å²) >= 11 is 3.71. The van der Waals surface area contributed by atoms with Crippen LogP contribution in [-0.2, 0) is 4.65 Å². The molecule has 0 amide bonds. The van der Waals surface area contributed by atoms with Crippen LogP contribution in [0.1, 0.15) is 38.6 Å². The fraction of sp³-hybridized carbons (Fsp3) is 0.241. The highest BCUT2D eigenvalue weighted by Crippen LogP contribution is 2.50. The molecule has 2 N–H and O–H groups in total. The molecule has 1 aliphatic rings. The number of benzene rings is 4. The molecule has 6 rings (SSSR count). The van der Waals surface area contributed by atoms with Crippen LogP contribution in [-0.4, -0.2) is 23.8 Å². The Bertz CT molecular complexity index is 1590. The van der Waals surface area contributed by atoms with Gasteiger partial charge in [-0.25, -0.2) is 0 Å². The number of nitrogens with one attached hydrogen (secondary N) is 1. The van der Waals surface area contributed by atoms with E-state index >= 15 is 0 Å². The molecule has 5 aromatic rings. The van der Waals surface area contributed by atoms with Gasteiger partial charge in [-0.3, -0.25) is 0 Å². The SMILES string of the molecule is CC(C)(O)C(C)(C)O[B]c1cccc2sc3cc(C4Nc5ccc6ccccc6c5S4)ccc3c12. The molecule has 1 radical (unpaired) electrons. The summed E-state index contributed by atoms with van der Waals surface area (Å²) in [7, 11) is 1.80. The summed E-state index contributed by atoms with van der Waals surface area (Å²) in [6, 6.07) is 26.1. The standard InChI is InChI=1S/C29H27BNO2S2/c1-28(2,32)29(3,4)33-30-21-10-7-11-23-25(21)20-14-12-18(16-24(20)34-23)27-31-22-15-13-17-8-5-6-9-19(17)26(22)35-27/h5-16,27,31-32H,1-4H3. The van der Waals surface area contributed by atoms with Crippen LogP contribution in [0.15, 0.2) is 77.7 Å². The van der Waals surface area contributed by atoms with Gasteiger partial charge in [0.15, 0.2) is 0 Å². The molecule has 0 saturated carbocycles. The van der Waals surface area contributed by atoms with Crippen LogP contribution in [0.25, 0.3) is 30.9 Å². The van der Waals surface area contributed by atoms with E-state index in [1.807, 2.05) is 36.9 Å². The molecule has 1 aliphatic heterocycles. The predicted molar refractivity (Wildman–Crippen MR) is 152 cm³/mol. The molecule has 0 saturated heterocycles. The van der Waals surface area contributed by atoms with E-state index in [9.17, 15) is 5.11 Å². The number of thiophene rings is 1. The van der Waals surface area contributed by atoms with E-state index in [0.717, 1.165) is 5.46 Å². The first kappa shape index (κ1) is 22.9. The molecular weight excluding hydrogens is 469 g/mol. The molecule has 0 spiro atoms. The summed E-state index contributed by atoms with van der Waals surface area (Å²) in [5.41, 5.74) is 1.85. The highest BCUT2D eigenvalue weighted by molar-refractivity contribution is 8.00. The van der Waals surface area contributed by atoms with Gasteiger partial charge in [0.05, 0.1) is 11.2 Å². The fourth-order valence-corrected chi connectivity index (χ4v) is 6.87. The highest BCUT2D eigenvalue weighted by Gasteiger charge is 2.36. The Morgan fingerprint density at radius 1 is 0.886 bits per heavy atom. The van der Waals surface area contributed by atoms with Gasteiger partial charge in [0.25, 0.3) is 0 Å². The third kappa shape index (κ3) is 3.93. The zero-order valence-corrected chi connectivity index (χ0v) is 21.9. The van der Waals surface area contributed by atoms with Crippen LogP contribution in [0.4, 0.5) is 5.69 Å². The van der Waals surface area contributed by atoms with E-state index in [4.69, 9.17) is 4.65 Å². The number of anilines is 1. The van der Waals surface area contributed by atoms with E-state index < -0.39 is 11.2 Å². The van der Waals surface area contributed by atoms with Crippen LogP contribution in [0.3, 0.4) is 0 Å². The maximum absolute atomic E-state index is 10.5. The first-order valence-electron chi connectivity index (χ1n) is 11.8. The second kappa shape index (κ2) is 8.27. The van der Waals surface area contributed by atoms with Crippen LogP contribution in [0.5, 0.6) is 0 Å². The van der Waals surface area contributed by atoms with Gasteiger partial charge in [0.2, 0.25) is 0 Å². The first-order valence-corrected chi connectivity index (χ1v) is 13.5. The number of thioether (sulfide) groups is 1. The Kier molecular flexibility index (Phi) is 5.42. The lowest BCUT2D eigenvalue weighted by Crippen LogP contribution is -2.49. The van der Waals surface area contributed by atoms with Crippen molar-refractivity contribution in [3.63, 3.8) is 0 Å². The van der Waals surface area contributed by atoms with Crippen LogP contribution in [0, 0.1) is 0 Å². The molecular formula is C29H27BNO2S2. The number of rotatable bonds is 5. The Morgan fingerprint density at radius 2 is 1.71 bits per heavy atom. The Hall–Kier alpha value is -2.51. The average Bonchev–Trinajstić information content (AvgIpc) is 3.43. The van der Waals surface area contributed by atoms with Crippen LogP contribution >= 0.6 is 23.1 Å². The maximum Gasteiger partial charge on any atom is 0.331 e. The maximum atomic E-state index is 10.5. The summed E-state index contributed by atoms with van der Waals surface area (Å²) < 4.78 is 8.60. The van der Waals surface area contributed by atoms with Crippen molar-refractivity contribution in [1.29, 1.82) is 0 Å². The number of hydrogen-bond acceptors (Lipinski definition) is 5. The van der Waals surface area contributed by atoms with E-state index in [-0.39, 0.29) is 5.37 Å². The van der Waals surface area contributed by atoms with Crippen molar-refractivity contribution in [1.82, 2.24) is 0 Å². The van der Waals surface area contributed by atoms with Gasteiger partial charge < -0.3 is 15.1 Å². The van der Waals surface area contributed by atoms with Crippen molar-refractivity contribution >= 4 is 72.7 Å². The minimum atomic E-state index is -0.960. The van der Waals surface area contributed by atoms with Gasteiger partial charge >= 0.3 is 7.48 Å². The van der Waals surface area contributed by atoms with Gasteiger partial charge in [-0.1, -0.05) is 66.4 Å². The molecule has 1 aromatic heterocycles. The Labute approximate surface area is 214 Å². The van der Waals surface area contributed by atoms with Crippen molar-refractivity contribution in [2.75, 3.05) is 5.32 Å². The lowest BCUT2D eigenvalue weighted by Gasteiger charge is -2.37. The minimum Gasteiger partial charge on any atom is -0.427 e. The predicted octanol–water partition coefficient (Wildman–Crippen LogP) is 7.23. The largest absolute Gasteiger partial charge is 0.427 e. The zero-order valence-electron chi connectivity index (χ0n) is 20.3. The molecule has 2 heterocycles. The van der Waals surface area contributed by atoms with Gasteiger partial charge in [-0.15, -0.1) is 11.3 Å². The van der Waals surface area contributed by atoms with E-state index in [2.05, 4.69) is 78.1 Å². The van der Waals surface area contributed by atoms with Crippen molar-refractivity contribution < 1.29 is 9.76 Å². The molecule has 3 nitrogen and oxygen atoms in total. The fourth-order valence-electron chi connectivity index (χ4n) is 4.41. The Balaban J connectivity index is 1.33. The highest BCUT2D eigenvalue weighted by atomic mass is 32.2. The number of fused-ring (bicyclic) bond motifs is 6. The smallest absolute Gasteiger partial charge is 0.331 e. The normalized spacial score (nSPS) is 16.1. The van der Waals surface area contributed by atoms with Crippen molar-refractivity contribution in [2.24, 2.45) is 0 Å². The molecule has 1 atom stereocenters. The third-order valence-electron chi connectivity index (χ3n) is 7.21. The number of hydrogen-bond donors (Lipinski definition) is 2. The topological polar surface area (TPSA) is 41.5 Å². The Morgan fingerprint density at radius 3 is 2.54 bits per heavy atom. The zero-order chi connectivity index (χ0) is 24.4. The lowest BCUT2D eigenvalue weighted by atomic mass is 9.80. The second-order valence-corrected chi connectivity index (χ2v) is 12.4. The van der Waals surface area contributed by atoms with Gasteiger partial charge in [-0.05, 0) is 78.5 Å². The molecule has 175 valence electrons. The molecule has 6 heteroatoms. The summed E-state index contributed by atoms with van der Waals surface area (Å²) in [6.45, 7) is 7.38. The second-order valence-electron chi connectivity index (χ2n) is 10.2. The summed E-state index contributed by atoms with van der Waals surface area (Å²) in [5, 5.41) is 19.4. The molecule has 0 bridgehead atoms. The minimum absolute atomic E-state index is 0.187. The van der Waals surface area contributed by atoms with Crippen molar-refractivity contribution in [3.8, 4) is 0 Å². The first-order chi connectivity index (χ1) is 16.7. The van der Waals surface area contributed by atoms with E-state index in [1.165, 1.54) is 47.1 Å². The average molecular weight is 496 g/mol. The quantitative estimate of drug-likeness (QED) is 0.252. The molecule has 35 heavy (non-hydrogen) atoms. The molecule has 4 aromatic carbocycles. The summed E-state index contributed by atoms with van der Waals surface area (Å²) in [4.78, 5) is 1.33. The third-order valence-corrected chi connectivity index (χ3v) is 9.63. The summed E-state index contributed by atoms with van der Waals surface area (Å²) in [5.74, 6) is 0. The molecule has 0 fully saturated rings. The monoisotopic (exact) mass is 496 g/mol. The van der Waals surface area contributed by atoms with Crippen molar-refractivity contribution in [2.45, 2.75) is 49.2 Å². The summed E-state index contributed by atoms with van der Waals surface area (Å²) in [6.07, 6.45) is 0. The van der Waals surface area contributed by atoms with Crippen molar-refractivity contribution in [3.05, 3.63) is 78.4 Å². The van der Waals surface area contributed by atoms with Gasteiger partial charge in [0.1, 0.15) is 5.37 Å². The van der Waals surface area contributed by atoms with Crippen LogP contribution < -0.4 is 10.8 Å². The molecule has 1 unspecified atom stereocenters. The lowest BCUT2D eigenvalue weighted by molar-refractivity contribution is -0.0893.